The van der Waals surface area contributed by atoms with Crippen LogP contribution in [0.25, 0.3) is 33.3 Å². The zero-order valence-corrected chi connectivity index (χ0v) is 36.4. The number of aryl methyl sites for hydroxylation is 1. The smallest absolute Gasteiger partial charge is 0 e. The first-order valence-electron chi connectivity index (χ1n) is 19.2. The average molecular weight is 1060 g/mol. The third kappa shape index (κ3) is 6.61. The predicted molar refractivity (Wildman–Crippen MR) is 237 cm³/mol. The first kappa shape index (κ1) is 37.2. The molecule has 0 saturated carbocycles. The van der Waals surface area contributed by atoms with Crippen molar-refractivity contribution in [1.82, 2.24) is 9.55 Å². The molecular formula is C51H34N5OPtTe-3. The second kappa shape index (κ2) is 15.6. The summed E-state index contributed by atoms with van der Waals surface area (Å²) >= 11 is -0.661. The summed E-state index contributed by atoms with van der Waals surface area (Å²) in [6.45, 7) is 2.18. The molecule has 0 fully saturated rings. The van der Waals surface area contributed by atoms with E-state index in [1.807, 2.05) is 24.3 Å². The van der Waals surface area contributed by atoms with Crippen LogP contribution >= 0.6 is 0 Å². The van der Waals surface area contributed by atoms with Gasteiger partial charge in [-0.2, -0.15) is 0 Å². The number of hydrogen-bond donors (Lipinski definition) is 0. The molecule has 0 atom stereocenters. The van der Waals surface area contributed by atoms with Crippen molar-refractivity contribution in [3.05, 3.63) is 201 Å². The van der Waals surface area contributed by atoms with Crippen molar-refractivity contribution in [3.8, 4) is 33.8 Å². The van der Waals surface area contributed by atoms with Crippen LogP contribution in [0.2, 0.25) is 0 Å². The average Bonchev–Trinajstić information content (AvgIpc) is 3.83. The summed E-state index contributed by atoms with van der Waals surface area (Å²) in [6, 6.07) is 70.9. The molecule has 0 saturated heterocycles. The van der Waals surface area contributed by atoms with Crippen molar-refractivity contribution in [2.24, 2.45) is 7.05 Å². The first-order chi connectivity index (χ1) is 28.7. The predicted octanol–water partition coefficient (Wildman–Crippen LogP) is 11.1. The standard InChI is InChI=1S/C51H34N5OTe.Pt/c1-53-43-25-9-8-24-42(43)52-51(53)56-46-28-12-13-29-48(46)58-49-31-30-39(33-47(49)56)57-38-21-14-20-37(32-38)54-34-55(45-27-11-10-26-44(45)54)50-40(35-16-4-2-5-17-35)22-15-23-41(50)36-18-6-3-7-19-36;/h2-31,34H,1H3;/q-3;. The summed E-state index contributed by atoms with van der Waals surface area (Å²) in [6.07, 6.45) is 0. The molecule has 6 nitrogen and oxygen atoms in total. The van der Waals surface area contributed by atoms with E-state index in [1.165, 1.54) is 7.22 Å². The number of fused-ring (bicyclic) bond motifs is 4. The Hall–Kier alpha value is -6.09. The van der Waals surface area contributed by atoms with Gasteiger partial charge in [-0.1, -0.05) is 84.9 Å². The SMILES string of the molecule is Cn1c(N2c3[c-]c(Oc4[c-]c(N5[CH-]N(c6c(-c7ccccc7)cccc6-c6ccccc6)c6ccccc65)ccc4)ccc3[Te]c3ccccc32)nc2ccccc21.[Pt]. The molecule has 11 rings (SSSR count). The fourth-order valence-corrected chi connectivity index (χ4v) is 10.9. The van der Waals surface area contributed by atoms with Gasteiger partial charge in [0.05, 0.1) is 0 Å². The van der Waals surface area contributed by atoms with Crippen LogP contribution in [0.1, 0.15) is 0 Å². The third-order valence-corrected chi connectivity index (χ3v) is 13.9. The van der Waals surface area contributed by atoms with Crippen molar-refractivity contribution in [2.45, 2.75) is 0 Å². The molecule has 1 aromatic heterocycles. The maximum Gasteiger partial charge on any atom is 0 e. The van der Waals surface area contributed by atoms with Gasteiger partial charge in [-0.25, -0.2) is 0 Å². The van der Waals surface area contributed by atoms with Crippen molar-refractivity contribution in [2.75, 3.05) is 14.7 Å². The molecule has 59 heavy (non-hydrogen) atoms. The van der Waals surface area contributed by atoms with Gasteiger partial charge in [-0.05, 0) is 11.1 Å². The zero-order valence-electron chi connectivity index (χ0n) is 31.8. The Morgan fingerprint density at radius 2 is 1.15 bits per heavy atom. The summed E-state index contributed by atoms with van der Waals surface area (Å²) in [5.41, 5.74) is 12.9. The summed E-state index contributed by atoms with van der Waals surface area (Å²) in [5.74, 6) is 2.08. The van der Waals surface area contributed by atoms with Gasteiger partial charge in [0.15, 0.2) is 0 Å². The molecule has 0 amide bonds. The van der Waals surface area contributed by atoms with Crippen LogP contribution in [-0.4, -0.2) is 30.5 Å². The van der Waals surface area contributed by atoms with Gasteiger partial charge in [-0.15, -0.1) is 0 Å². The van der Waals surface area contributed by atoms with Gasteiger partial charge < -0.3 is 0 Å². The molecule has 8 aromatic carbocycles. The van der Waals surface area contributed by atoms with Crippen LogP contribution in [0.4, 0.5) is 40.1 Å². The van der Waals surface area contributed by atoms with Crippen LogP contribution in [0.15, 0.2) is 182 Å². The Morgan fingerprint density at radius 1 is 0.542 bits per heavy atom. The topological polar surface area (TPSA) is 36.8 Å². The number of benzene rings is 8. The molecule has 8 heteroatoms. The Labute approximate surface area is 368 Å². The molecule has 0 unspecified atom stereocenters. The molecule has 3 heterocycles. The van der Waals surface area contributed by atoms with Gasteiger partial charge in [-0.3, -0.25) is 0 Å². The summed E-state index contributed by atoms with van der Waals surface area (Å²) < 4.78 is 11.5. The number of anilines is 7. The Kier molecular flexibility index (Phi) is 9.83. The molecule has 0 bridgehead atoms. The van der Waals surface area contributed by atoms with Crippen LogP contribution < -0.4 is 26.7 Å². The second-order valence-electron chi connectivity index (χ2n) is 14.2. The Bertz CT molecular complexity index is 2930. The maximum atomic E-state index is 6.65. The molecule has 0 radical (unpaired) electrons. The number of rotatable bonds is 7. The van der Waals surface area contributed by atoms with Crippen molar-refractivity contribution in [3.63, 3.8) is 0 Å². The molecule has 0 spiro atoms. The van der Waals surface area contributed by atoms with Crippen molar-refractivity contribution < 1.29 is 25.8 Å². The minimum absolute atomic E-state index is 0. The fraction of sp³-hybridized carbons (Fsp3) is 0.0196. The molecule has 0 aliphatic carbocycles. The maximum absolute atomic E-state index is 6.65. The first-order valence-corrected chi connectivity index (χ1v) is 21.5. The number of nitrogens with zero attached hydrogens (tertiary/aromatic N) is 5. The molecule has 2 aliphatic heterocycles. The minimum atomic E-state index is -0.661. The van der Waals surface area contributed by atoms with E-state index in [2.05, 4.69) is 203 Å². The van der Waals surface area contributed by atoms with Crippen LogP contribution in [0.5, 0.6) is 11.5 Å². The van der Waals surface area contributed by atoms with E-state index >= 15 is 0 Å². The van der Waals surface area contributed by atoms with E-state index in [1.54, 1.807) is 0 Å². The van der Waals surface area contributed by atoms with E-state index in [0.29, 0.717) is 11.5 Å². The second-order valence-corrected chi connectivity index (χ2v) is 17.3. The molecule has 288 valence electrons. The monoisotopic (exact) mass is 1060 g/mol. The Morgan fingerprint density at radius 3 is 1.88 bits per heavy atom. The van der Waals surface area contributed by atoms with Crippen LogP contribution in [-0.2, 0) is 28.1 Å². The van der Waals surface area contributed by atoms with E-state index in [-0.39, 0.29) is 21.1 Å². The van der Waals surface area contributed by atoms with Crippen LogP contribution in [0, 0.1) is 18.8 Å². The van der Waals surface area contributed by atoms with Crippen molar-refractivity contribution in [1.29, 1.82) is 0 Å². The van der Waals surface area contributed by atoms with E-state index < -0.39 is 20.9 Å². The zero-order chi connectivity index (χ0) is 38.6. The fourth-order valence-electron chi connectivity index (χ4n) is 8.01. The number of hydrogen-bond acceptors (Lipinski definition) is 5. The van der Waals surface area contributed by atoms with Crippen molar-refractivity contribution >= 4 is 79.3 Å². The van der Waals surface area contributed by atoms with E-state index in [9.17, 15) is 0 Å². The van der Waals surface area contributed by atoms with Gasteiger partial charge in [0, 0.05) is 32.2 Å². The number of ether oxygens (including phenoxy) is 1. The summed E-state index contributed by atoms with van der Waals surface area (Å²) in [4.78, 5) is 11.9. The molecule has 2 aliphatic rings. The number of imidazole rings is 1. The largest absolute Gasteiger partial charge is 0 e. The van der Waals surface area contributed by atoms with Gasteiger partial charge in [0.25, 0.3) is 0 Å². The third-order valence-electron chi connectivity index (χ3n) is 10.7. The van der Waals surface area contributed by atoms with Crippen LogP contribution in [0.3, 0.4) is 0 Å². The van der Waals surface area contributed by atoms with Gasteiger partial charge >= 0.3 is 243 Å². The minimum Gasteiger partial charge on any atom is 0 e. The quantitative estimate of drug-likeness (QED) is 0.117. The van der Waals surface area contributed by atoms with E-state index in [4.69, 9.17) is 9.72 Å². The molecular weight excluding hydrogens is 1020 g/mol. The normalized spacial score (nSPS) is 12.8. The summed E-state index contributed by atoms with van der Waals surface area (Å²) in [5, 5.41) is 0. The molecule has 0 N–H and O–H groups in total. The van der Waals surface area contributed by atoms with E-state index in [0.717, 1.165) is 73.4 Å². The number of aromatic nitrogens is 2. The number of para-hydroxylation sites is 6. The van der Waals surface area contributed by atoms with Gasteiger partial charge in [0.1, 0.15) is 0 Å². The summed E-state index contributed by atoms with van der Waals surface area (Å²) in [7, 11) is 2.08. The Balaban J connectivity index is 0.00000420. The van der Waals surface area contributed by atoms with Gasteiger partial charge in [0.2, 0.25) is 0 Å². The molecule has 9 aromatic rings.